The molecule has 4 rings (SSSR count). The van der Waals surface area contributed by atoms with Crippen LogP contribution in [0.5, 0.6) is 11.5 Å². The highest BCUT2D eigenvalue weighted by atomic mass is 16.6. The number of nitrogens with zero attached hydrogens (tertiary/aromatic N) is 2. The summed E-state index contributed by atoms with van der Waals surface area (Å²) < 4.78 is 11.4. The van der Waals surface area contributed by atoms with E-state index in [1.54, 1.807) is 0 Å². The van der Waals surface area contributed by atoms with Gasteiger partial charge in [0.1, 0.15) is 13.2 Å². The van der Waals surface area contributed by atoms with E-state index in [1.165, 1.54) is 5.56 Å². The van der Waals surface area contributed by atoms with Gasteiger partial charge in [-0.25, -0.2) is 0 Å². The predicted molar refractivity (Wildman–Crippen MR) is 105 cm³/mol. The van der Waals surface area contributed by atoms with Crippen molar-refractivity contribution >= 4 is 11.6 Å². The average Bonchev–Trinajstić information content (AvgIpc) is 3.17. The summed E-state index contributed by atoms with van der Waals surface area (Å²) in [6, 6.07) is 16.3. The van der Waals surface area contributed by atoms with Gasteiger partial charge in [0, 0.05) is 18.3 Å². The smallest absolute Gasteiger partial charge is 0.241 e. The third-order valence-electron chi connectivity index (χ3n) is 5.34. The normalized spacial score (nSPS) is 19.1. The molecule has 0 unspecified atom stereocenters. The van der Waals surface area contributed by atoms with Gasteiger partial charge in [-0.2, -0.15) is 0 Å². The SMILES string of the molecule is CCN(C(=O)CN1CCC[C@H]1c1ccc2c(c1)OCCO2)c1ccccc1. The van der Waals surface area contributed by atoms with E-state index in [9.17, 15) is 4.79 Å². The number of likely N-dealkylation sites (N-methyl/N-ethyl adjacent to an activating group) is 1. The molecule has 0 N–H and O–H groups in total. The Hall–Kier alpha value is -2.53. The van der Waals surface area contributed by atoms with E-state index in [2.05, 4.69) is 17.0 Å². The Morgan fingerprint density at radius 2 is 1.89 bits per heavy atom. The number of amides is 1. The van der Waals surface area contributed by atoms with Crippen molar-refractivity contribution in [3.63, 3.8) is 0 Å². The maximum Gasteiger partial charge on any atom is 0.241 e. The molecule has 1 fully saturated rings. The lowest BCUT2D eigenvalue weighted by Crippen LogP contribution is -2.40. The maximum atomic E-state index is 13.0. The first-order chi connectivity index (χ1) is 13.3. The zero-order valence-corrected chi connectivity index (χ0v) is 15.8. The molecule has 5 nitrogen and oxygen atoms in total. The minimum atomic E-state index is 0.146. The van der Waals surface area contributed by atoms with Crippen LogP contribution in [0.4, 0.5) is 5.69 Å². The summed E-state index contributed by atoms with van der Waals surface area (Å²) in [5.74, 6) is 1.77. The Labute approximate surface area is 160 Å². The topological polar surface area (TPSA) is 42.0 Å². The highest BCUT2D eigenvalue weighted by Gasteiger charge is 2.30. The second kappa shape index (κ2) is 8.01. The molecular formula is C22H26N2O3. The molecular weight excluding hydrogens is 340 g/mol. The molecule has 2 aromatic rings. The van der Waals surface area contributed by atoms with Gasteiger partial charge in [0.15, 0.2) is 11.5 Å². The number of para-hydroxylation sites is 1. The Kier molecular flexibility index (Phi) is 5.30. The molecule has 0 radical (unpaired) electrons. The number of ether oxygens (including phenoxy) is 2. The summed E-state index contributed by atoms with van der Waals surface area (Å²) in [6.45, 7) is 5.26. The van der Waals surface area contributed by atoms with E-state index >= 15 is 0 Å². The van der Waals surface area contributed by atoms with Crippen molar-refractivity contribution in [1.29, 1.82) is 0 Å². The fourth-order valence-electron chi connectivity index (χ4n) is 4.03. The van der Waals surface area contributed by atoms with Crippen LogP contribution in [0.25, 0.3) is 0 Å². The molecule has 0 aromatic heterocycles. The fraction of sp³-hybridized carbons (Fsp3) is 0.409. The van der Waals surface area contributed by atoms with Gasteiger partial charge in [-0.05, 0) is 56.1 Å². The van der Waals surface area contributed by atoms with Crippen LogP contribution in [-0.2, 0) is 4.79 Å². The van der Waals surface area contributed by atoms with E-state index in [-0.39, 0.29) is 11.9 Å². The number of hydrogen-bond acceptors (Lipinski definition) is 4. The Balaban J connectivity index is 1.49. The van der Waals surface area contributed by atoms with E-state index in [0.29, 0.717) is 26.3 Å². The number of carbonyl (C=O) groups excluding carboxylic acids is 1. The lowest BCUT2D eigenvalue weighted by Gasteiger charge is -2.29. The van der Waals surface area contributed by atoms with Gasteiger partial charge in [-0.3, -0.25) is 9.69 Å². The highest BCUT2D eigenvalue weighted by Crippen LogP contribution is 2.38. The monoisotopic (exact) mass is 366 g/mol. The summed E-state index contributed by atoms with van der Waals surface area (Å²) in [5.41, 5.74) is 2.16. The quantitative estimate of drug-likeness (QED) is 0.810. The highest BCUT2D eigenvalue weighted by molar-refractivity contribution is 5.94. The zero-order valence-electron chi connectivity index (χ0n) is 15.8. The summed E-state index contributed by atoms with van der Waals surface area (Å²) in [7, 11) is 0. The standard InChI is InChI=1S/C22H26N2O3/c1-2-24(18-7-4-3-5-8-18)22(25)16-23-12-6-9-19(23)17-10-11-20-21(15-17)27-14-13-26-20/h3-5,7-8,10-11,15,19H,2,6,9,12-14,16H2,1H3/t19-/m0/s1. The molecule has 142 valence electrons. The van der Waals surface area contributed by atoms with Gasteiger partial charge in [0.05, 0.1) is 6.54 Å². The van der Waals surface area contributed by atoms with Crippen molar-refractivity contribution < 1.29 is 14.3 Å². The van der Waals surface area contributed by atoms with Gasteiger partial charge in [-0.1, -0.05) is 24.3 Å². The van der Waals surface area contributed by atoms with E-state index in [4.69, 9.17) is 9.47 Å². The molecule has 1 atom stereocenters. The largest absolute Gasteiger partial charge is 0.486 e. The van der Waals surface area contributed by atoms with Gasteiger partial charge in [0.25, 0.3) is 0 Å². The molecule has 2 aliphatic heterocycles. The van der Waals surface area contributed by atoms with Crippen LogP contribution < -0.4 is 14.4 Å². The number of anilines is 1. The zero-order chi connectivity index (χ0) is 18.6. The van der Waals surface area contributed by atoms with Gasteiger partial charge < -0.3 is 14.4 Å². The summed E-state index contributed by atoms with van der Waals surface area (Å²) >= 11 is 0. The van der Waals surface area contributed by atoms with Crippen molar-refractivity contribution in [3.05, 3.63) is 54.1 Å². The predicted octanol–water partition coefficient (Wildman–Crippen LogP) is 3.65. The van der Waals surface area contributed by atoms with E-state index in [1.807, 2.05) is 48.2 Å². The van der Waals surface area contributed by atoms with Crippen LogP contribution in [0, 0.1) is 0 Å². The van der Waals surface area contributed by atoms with Crippen LogP contribution in [-0.4, -0.2) is 43.7 Å². The molecule has 0 saturated carbocycles. The van der Waals surface area contributed by atoms with Crippen LogP contribution in [0.3, 0.4) is 0 Å². The van der Waals surface area contributed by atoms with Crippen LogP contribution in [0.1, 0.15) is 31.4 Å². The first-order valence-electron chi connectivity index (χ1n) is 9.75. The first kappa shape index (κ1) is 17.9. The number of benzene rings is 2. The Morgan fingerprint density at radius 3 is 2.67 bits per heavy atom. The second-order valence-electron chi connectivity index (χ2n) is 7.01. The minimum absolute atomic E-state index is 0.146. The van der Waals surface area contributed by atoms with Crippen LogP contribution in [0.2, 0.25) is 0 Å². The number of rotatable bonds is 5. The van der Waals surface area contributed by atoms with Crippen molar-refractivity contribution in [2.45, 2.75) is 25.8 Å². The second-order valence-corrected chi connectivity index (χ2v) is 7.01. The average molecular weight is 366 g/mol. The summed E-state index contributed by atoms with van der Waals surface area (Å²) in [4.78, 5) is 17.1. The molecule has 27 heavy (non-hydrogen) atoms. The fourth-order valence-corrected chi connectivity index (χ4v) is 4.03. The van der Waals surface area contributed by atoms with Gasteiger partial charge in [-0.15, -0.1) is 0 Å². The van der Waals surface area contributed by atoms with E-state index < -0.39 is 0 Å². The molecule has 1 saturated heterocycles. The Morgan fingerprint density at radius 1 is 1.11 bits per heavy atom. The summed E-state index contributed by atoms with van der Waals surface area (Å²) in [6.07, 6.45) is 2.16. The minimum Gasteiger partial charge on any atom is -0.486 e. The molecule has 1 amide bonds. The molecule has 2 aliphatic rings. The third kappa shape index (κ3) is 3.78. The third-order valence-corrected chi connectivity index (χ3v) is 5.34. The molecule has 0 bridgehead atoms. The number of likely N-dealkylation sites (tertiary alicyclic amines) is 1. The van der Waals surface area contributed by atoms with Gasteiger partial charge in [0.2, 0.25) is 5.91 Å². The van der Waals surface area contributed by atoms with Crippen LogP contribution >= 0.6 is 0 Å². The van der Waals surface area contributed by atoms with Crippen molar-refractivity contribution in [2.75, 3.05) is 37.7 Å². The lowest BCUT2D eigenvalue weighted by molar-refractivity contribution is -0.119. The lowest BCUT2D eigenvalue weighted by atomic mass is 10.0. The number of fused-ring (bicyclic) bond motifs is 1. The molecule has 0 aliphatic carbocycles. The van der Waals surface area contributed by atoms with Crippen LogP contribution in [0.15, 0.2) is 48.5 Å². The first-order valence-corrected chi connectivity index (χ1v) is 9.75. The molecule has 0 spiro atoms. The molecule has 5 heteroatoms. The molecule has 2 aromatic carbocycles. The maximum absolute atomic E-state index is 13.0. The molecule has 2 heterocycles. The van der Waals surface area contributed by atoms with Crippen molar-refractivity contribution in [2.24, 2.45) is 0 Å². The number of hydrogen-bond donors (Lipinski definition) is 0. The van der Waals surface area contributed by atoms with Crippen molar-refractivity contribution in [1.82, 2.24) is 4.90 Å². The van der Waals surface area contributed by atoms with E-state index in [0.717, 1.165) is 36.6 Å². The van der Waals surface area contributed by atoms with Crippen molar-refractivity contribution in [3.8, 4) is 11.5 Å². The number of carbonyl (C=O) groups is 1. The van der Waals surface area contributed by atoms with Gasteiger partial charge >= 0.3 is 0 Å². The Bertz CT molecular complexity index is 793. The summed E-state index contributed by atoms with van der Waals surface area (Å²) in [5, 5.41) is 0.